The second-order valence-electron chi connectivity index (χ2n) is 6.81. The molecule has 0 saturated heterocycles. The van der Waals surface area contributed by atoms with E-state index < -0.39 is 5.91 Å². The highest BCUT2D eigenvalue weighted by Gasteiger charge is 2.13. The molecule has 0 atom stereocenters. The SMILES string of the molecule is CCOc1ccc(NC(=O)/C(C#N)=C\c2cc(Br)c(OCc3ccc(F)cc3)c(Br)c2)cc1. The van der Waals surface area contributed by atoms with Gasteiger partial charge in [0.15, 0.2) is 0 Å². The van der Waals surface area contributed by atoms with Crippen LogP contribution in [0.5, 0.6) is 11.5 Å². The summed E-state index contributed by atoms with van der Waals surface area (Å²) in [6.07, 6.45) is 1.49. The Labute approximate surface area is 208 Å². The van der Waals surface area contributed by atoms with E-state index in [0.29, 0.717) is 38.3 Å². The highest BCUT2D eigenvalue weighted by atomic mass is 79.9. The Hall–Kier alpha value is -3.15. The first kappa shape index (κ1) is 24.5. The zero-order valence-electron chi connectivity index (χ0n) is 17.6. The average molecular weight is 574 g/mol. The second-order valence-corrected chi connectivity index (χ2v) is 8.52. The molecule has 33 heavy (non-hydrogen) atoms. The molecule has 0 aliphatic heterocycles. The summed E-state index contributed by atoms with van der Waals surface area (Å²) < 4.78 is 25.6. The Bertz CT molecular complexity index is 1180. The zero-order chi connectivity index (χ0) is 23.8. The highest BCUT2D eigenvalue weighted by Crippen LogP contribution is 2.36. The van der Waals surface area contributed by atoms with Crippen LogP contribution in [0.15, 0.2) is 75.2 Å². The first-order valence-electron chi connectivity index (χ1n) is 9.92. The summed E-state index contributed by atoms with van der Waals surface area (Å²) in [6, 6.07) is 18.4. The van der Waals surface area contributed by atoms with Gasteiger partial charge in [-0.3, -0.25) is 4.79 Å². The smallest absolute Gasteiger partial charge is 0.266 e. The van der Waals surface area contributed by atoms with E-state index in [-0.39, 0.29) is 18.0 Å². The number of nitrogens with zero attached hydrogens (tertiary/aromatic N) is 1. The third-order valence-electron chi connectivity index (χ3n) is 4.42. The Balaban J connectivity index is 1.72. The van der Waals surface area contributed by atoms with Gasteiger partial charge in [0, 0.05) is 5.69 Å². The van der Waals surface area contributed by atoms with Gasteiger partial charge >= 0.3 is 0 Å². The largest absolute Gasteiger partial charge is 0.494 e. The van der Waals surface area contributed by atoms with Crippen molar-refractivity contribution in [3.05, 3.63) is 92.1 Å². The molecule has 3 aromatic carbocycles. The molecule has 0 saturated carbocycles. The maximum absolute atomic E-state index is 13.1. The fourth-order valence-electron chi connectivity index (χ4n) is 2.85. The molecule has 0 bridgehead atoms. The summed E-state index contributed by atoms with van der Waals surface area (Å²) in [4.78, 5) is 12.6. The summed E-state index contributed by atoms with van der Waals surface area (Å²) in [7, 11) is 0. The molecule has 3 aromatic rings. The Morgan fingerprint density at radius 2 is 1.70 bits per heavy atom. The lowest BCUT2D eigenvalue weighted by Crippen LogP contribution is -2.13. The average Bonchev–Trinajstić information content (AvgIpc) is 2.79. The van der Waals surface area contributed by atoms with Crippen molar-refractivity contribution in [1.82, 2.24) is 0 Å². The van der Waals surface area contributed by atoms with Gasteiger partial charge in [0.25, 0.3) is 5.91 Å². The predicted molar refractivity (Wildman–Crippen MR) is 132 cm³/mol. The topological polar surface area (TPSA) is 71.3 Å². The molecule has 0 aliphatic carbocycles. The molecule has 1 N–H and O–H groups in total. The van der Waals surface area contributed by atoms with Gasteiger partial charge in [-0.15, -0.1) is 0 Å². The maximum atomic E-state index is 13.1. The van der Waals surface area contributed by atoms with Gasteiger partial charge in [-0.2, -0.15) is 5.26 Å². The Morgan fingerprint density at radius 3 is 2.27 bits per heavy atom. The summed E-state index contributed by atoms with van der Waals surface area (Å²) in [5.41, 5.74) is 1.94. The molecule has 3 rings (SSSR count). The number of benzene rings is 3. The van der Waals surface area contributed by atoms with Crippen LogP contribution in [0, 0.1) is 17.1 Å². The third-order valence-corrected chi connectivity index (χ3v) is 5.59. The van der Waals surface area contributed by atoms with Crippen molar-refractivity contribution >= 4 is 49.5 Å². The number of ether oxygens (including phenoxy) is 2. The first-order chi connectivity index (χ1) is 15.9. The van der Waals surface area contributed by atoms with Crippen molar-refractivity contribution in [2.24, 2.45) is 0 Å². The quantitative estimate of drug-likeness (QED) is 0.236. The van der Waals surface area contributed by atoms with Crippen molar-refractivity contribution in [1.29, 1.82) is 5.26 Å². The minimum Gasteiger partial charge on any atom is -0.494 e. The van der Waals surface area contributed by atoms with Gasteiger partial charge in [-0.25, -0.2) is 4.39 Å². The lowest BCUT2D eigenvalue weighted by atomic mass is 10.1. The van der Waals surface area contributed by atoms with Gasteiger partial charge in [0.2, 0.25) is 0 Å². The van der Waals surface area contributed by atoms with Gasteiger partial charge < -0.3 is 14.8 Å². The van der Waals surface area contributed by atoms with Crippen LogP contribution in [0.3, 0.4) is 0 Å². The fraction of sp³-hybridized carbons (Fsp3) is 0.120. The number of carbonyl (C=O) groups excluding carboxylic acids is 1. The van der Waals surface area contributed by atoms with E-state index in [2.05, 4.69) is 37.2 Å². The molecular weight excluding hydrogens is 555 g/mol. The highest BCUT2D eigenvalue weighted by molar-refractivity contribution is 9.11. The van der Waals surface area contributed by atoms with Gasteiger partial charge in [-0.1, -0.05) is 12.1 Å². The van der Waals surface area contributed by atoms with Crippen molar-refractivity contribution in [2.45, 2.75) is 13.5 Å². The molecule has 0 aromatic heterocycles. The van der Waals surface area contributed by atoms with Crippen LogP contribution in [0.1, 0.15) is 18.1 Å². The van der Waals surface area contributed by atoms with Crippen LogP contribution in [-0.4, -0.2) is 12.5 Å². The number of rotatable bonds is 8. The summed E-state index contributed by atoms with van der Waals surface area (Å²) in [5, 5.41) is 12.2. The van der Waals surface area contributed by atoms with Gasteiger partial charge in [0.05, 0.1) is 15.6 Å². The van der Waals surface area contributed by atoms with Crippen molar-refractivity contribution in [2.75, 3.05) is 11.9 Å². The molecule has 8 heteroatoms. The number of nitrogens with one attached hydrogen (secondary N) is 1. The number of carbonyl (C=O) groups is 1. The lowest BCUT2D eigenvalue weighted by Gasteiger charge is -2.12. The first-order valence-corrected chi connectivity index (χ1v) is 11.5. The van der Waals surface area contributed by atoms with Gasteiger partial charge in [0.1, 0.15) is 35.6 Å². The number of nitriles is 1. The van der Waals surface area contributed by atoms with E-state index in [1.165, 1.54) is 18.2 Å². The summed E-state index contributed by atoms with van der Waals surface area (Å²) >= 11 is 6.93. The number of anilines is 1. The molecule has 5 nitrogen and oxygen atoms in total. The molecule has 0 heterocycles. The molecule has 0 aliphatic rings. The second kappa shape index (κ2) is 11.6. The summed E-state index contributed by atoms with van der Waals surface area (Å²) in [5.74, 6) is 0.416. The van der Waals surface area contributed by atoms with Crippen molar-refractivity contribution < 1.29 is 18.7 Å². The Morgan fingerprint density at radius 1 is 1.06 bits per heavy atom. The van der Waals surface area contributed by atoms with E-state index in [9.17, 15) is 14.4 Å². The lowest BCUT2D eigenvalue weighted by molar-refractivity contribution is -0.112. The molecular formula is C25H19Br2FN2O3. The normalized spacial score (nSPS) is 10.9. The number of hydrogen-bond acceptors (Lipinski definition) is 4. The zero-order valence-corrected chi connectivity index (χ0v) is 20.7. The van der Waals surface area contributed by atoms with Crippen LogP contribution in [0.25, 0.3) is 6.08 Å². The van der Waals surface area contributed by atoms with E-state index in [4.69, 9.17) is 9.47 Å². The van der Waals surface area contributed by atoms with E-state index >= 15 is 0 Å². The van der Waals surface area contributed by atoms with Crippen LogP contribution < -0.4 is 14.8 Å². The van der Waals surface area contributed by atoms with E-state index in [1.54, 1.807) is 48.5 Å². The molecule has 1 amide bonds. The summed E-state index contributed by atoms with van der Waals surface area (Å²) in [6.45, 7) is 2.69. The standard InChI is InChI=1S/C25H19Br2FN2O3/c1-2-32-21-9-7-20(8-10-21)30-25(31)18(14-29)11-17-12-22(26)24(23(27)13-17)33-15-16-3-5-19(28)6-4-16/h3-13H,2,15H2,1H3,(H,30,31)/b18-11-. The van der Waals surface area contributed by atoms with Crippen LogP contribution >= 0.6 is 31.9 Å². The minimum absolute atomic E-state index is 0.0531. The number of amides is 1. The number of hydrogen-bond donors (Lipinski definition) is 1. The fourth-order valence-corrected chi connectivity index (χ4v) is 4.30. The molecule has 0 fully saturated rings. The molecule has 168 valence electrons. The number of halogens is 3. The Kier molecular flexibility index (Phi) is 8.64. The monoisotopic (exact) mass is 572 g/mol. The predicted octanol–water partition coefficient (Wildman–Crippen LogP) is 6.87. The molecule has 0 radical (unpaired) electrons. The van der Waals surface area contributed by atoms with Crippen molar-refractivity contribution in [3.8, 4) is 17.6 Å². The van der Waals surface area contributed by atoms with Gasteiger partial charge in [-0.05, 0) is 105 Å². The molecule has 0 unspecified atom stereocenters. The van der Waals surface area contributed by atoms with E-state index in [1.807, 2.05) is 13.0 Å². The minimum atomic E-state index is -0.523. The molecule has 0 spiro atoms. The van der Waals surface area contributed by atoms with E-state index in [0.717, 1.165) is 5.56 Å². The van der Waals surface area contributed by atoms with Crippen molar-refractivity contribution in [3.63, 3.8) is 0 Å². The maximum Gasteiger partial charge on any atom is 0.266 e. The third kappa shape index (κ3) is 6.91. The van der Waals surface area contributed by atoms with Crippen LogP contribution in [0.4, 0.5) is 10.1 Å². The van der Waals surface area contributed by atoms with Crippen LogP contribution in [-0.2, 0) is 11.4 Å². The van der Waals surface area contributed by atoms with Crippen LogP contribution in [0.2, 0.25) is 0 Å².